The first-order chi connectivity index (χ1) is 6.11. The first-order valence-electron chi connectivity index (χ1n) is 4.10. The number of methoxy groups -OCH3 is 1. The number of aliphatic hydroxyl groups excluding tert-OH is 2. The SMILES string of the molecule is CO[C@@H]1O[C@H](CO)[C@@H](O)[C@H](N)[C@H]1N. The zero-order chi connectivity index (χ0) is 10.0. The highest BCUT2D eigenvalue weighted by molar-refractivity contribution is 4.93. The van der Waals surface area contributed by atoms with Crippen molar-refractivity contribution in [2.45, 2.75) is 30.6 Å². The van der Waals surface area contributed by atoms with Crippen LogP contribution in [-0.2, 0) is 9.47 Å². The fourth-order valence-corrected chi connectivity index (χ4v) is 1.36. The summed E-state index contributed by atoms with van der Waals surface area (Å²) in [6.45, 7) is -0.304. The van der Waals surface area contributed by atoms with Crippen LogP contribution in [0.25, 0.3) is 0 Å². The molecule has 0 radical (unpaired) electrons. The molecule has 0 aromatic heterocycles. The van der Waals surface area contributed by atoms with Crippen molar-refractivity contribution in [3.8, 4) is 0 Å². The summed E-state index contributed by atoms with van der Waals surface area (Å²) in [7, 11) is 1.43. The Morgan fingerprint density at radius 3 is 2.46 bits per heavy atom. The third-order valence-electron chi connectivity index (χ3n) is 2.26. The van der Waals surface area contributed by atoms with Crippen molar-refractivity contribution in [1.82, 2.24) is 0 Å². The molecule has 6 N–H and O–H groups in total. The van der Waals surface area contributed by atoms with E-state index in [-0.39, 0.29) is 6.61 Å². The maximum atomic E-state index is 9.48. The van der Waals surface area contributed by atoms with Crippen LogP contribution >= 0.6 is 0 Å². The second-order valence-corrected chi connectivity index (χ2v) is 3.11. The van der Waals surface area contributed by atoms with E-state index >= 15 is 0 Å². The molecule has 0 amide bonds. The second kappa shape index (κ2) is 4.32. The molecule has 0 aromatic carbocycles. The molecule has 0 unspecified atom stereocenters. The van der Waals surface area contributed by atoms with Gasteiger partial charge in [-0.25, -0.2) is 0 Å². The van der Waals surface area contributed by atoms with Gasteiger partial charge in [-0.05, 0) is 0 Å². The van der Waals surface area contributed by atoms with Gasteiger partial charge in [0.1, 0.15) is 6.10 Å². The van der Waals surface area contributed by atoms with Crippen LogP contribution in [0.3, 0.4) is 0 Å². The largest absolute Gasteiger partial charge is 0.394 e. The van der Waals surface area contributed by atoms with Crippen molar-refractivity contribution in [3.05, 3.63) is 0 Å². The minimum Gasteiger partial charge on any atom is -0.394 e. The maximum absolute atomic E-state index is 9.48. The van der Waals surface area contributed by atoms with Crippen molar-refractivity contribution in [3.63, 3.8) is 0 Å². The molecule has 0 spiro atoms. The molecule has 0 aromatic rings. The lowest BCUT2D eigenvalue weighted by Gasteiger charge is -2.40. The van der Waals surface area contributed by atoms with Gasteiger partial charge in [-0.1, -0.05) is 0 Å². The Balaban J connectivity index is 2.66. The number of ether oxygens (including phenoxy) is 2. The number of rotatable bonds is 2. The van der Waals surface area contributed by atoms with Crippen LogP contribution in [0.15, 0.2) is 0 Å². The molecule has 0 aliphatic carbocycles. The van der Waals surface area contributed by atoms with Gasteiger partial charge in [0, 0.05) is 7.11 Å². The topological polar surface area (TPSA) is 111 Å². The highest BCUT2D eigenvalue weighted by Crippen LogP contribution is 2.18. The fraction of sp³-hybridized carbons (Fsp3) is 1.00. The fourth-order valence-electron chi connectivity index (χ4n) is 1.36. The van der Waals surface area contributed by atoms with Crippen molar-refractivity contribution < 1.29 is 19.7 Å². The first kappa shape index (κ1) is 10.8. The third kappa shape index (κ3) is 1.98. The van der Waals surface area contributed by atoms with Gasteiger partial charge in [-0.3, -0.25) is 0 Å². The number of hydrogen-bond acceptors (Lipinski definition) is 6. The Labute approximate surface area is 76.4 Å². The minimum atomic E-state index is -0.952. The lowest BCUT2D eigenvalue weighted by atomic mass is 9.96. The summed E-state index contributed by atoms with van der Waals surface area (Å²) >= 11 is 0. The Bertz CT molecular complexity index is 149. The van der Waals surface area contributed by atoms with E-state index in [1.807, 2.05) is 0 Å². The molecule has 6 nitrogen and oxygen atoms in total. The average Bonchev–Trinajstić information content (AvgIpc) is 2.15. The number of nitrogens with two attached hydrogens (primary N) is 2. The number of aliphatic hydroxyl groups is 2. The van der Waals surface area contributed by atoms with Crippen LogP contribution in [0, 0.1) is 0 Å². The minimum absolute atomic E-state index is 0.304. The molecule has 1 fully saturated rings. The lowest BCUT2D eigenvalue weighted by molar-refractivity contribution is -0.233. The van der Waals surface area contributed by atoms with Gasteiger partial charge in [-0.15, -0.1) is 0 Å². The quantitative estimate of drug-likeness (QED) is 0.381. The summed E-state index contributed by atoms with van der Waals surface area (Å²) in [5.41, 5.74) is 11.2. The lowest BCUT2D eigenvalue weighted by Crippen LogP contribution is -2.65. The molecule has 6 heteroatoms. The van der Waals surface area contributed by atoms with Gasteiger partial charge in [0.2, 0.25) is 0 Å². The van der Waals surface area contributed by atoms with Crippen LogP contribution < -0.4 is 11.5 Å². The molecule has 1 aliphatic rings. The number of hydrogen-bond donors (Lipinski definition) is 4. The molecule has 78 valence electrons. The van der Waals surface area contributed by atoms with Crippen LogP contribution in [0.1, 0.15) is 0 Å². The summed E-state index contributed by atoms with van der Waals surface area (Å²) < 4.78 is 10.1. The zero-order valence-corrected chi connectivity index (χ0v) is 7.46. The second-order valence-electron chi connectivity index (χ2n) is 3.11. The van der Waals surface area contributed by atoms with Crippen molar-refractivity contribution in [2.75, 3.05) is 13.7 Å². The van der Waals surface area contributed by atoms with E-state index in [0.717, 1.165) is 0 Å². The molecule has 13 heavy (non-hydrogen) atoms. The predicted octanol–water partition coefficient (Wildman–Crippen LogP) is -2.63. The van der Waals surface area contributed by atoms with E-state index in [0.29, 0.717) is 0 Å². The molecule has 1 heterocycles. The van der Waals surface area contributed by atoms with E-state index in [9.17, 15) is 5.11 Å². The van der Waals surface area contributed by atoms with Crippen LogP contribution in [-0.4, -0.2) is 54.5 Å². The van der Waals surface area contributed by atoms with E-state index in [1.54, 1.807) is 0 Å². The smallest absolute Gasteiger partial charge is 0.174 e. The molecule has 0 bridgehead atoms. The normalized spacial score (nSPS) is 46.4. The summed E-state index contributed by atoms with van der Waals surface area (Å²) in [4.78, 5) is 0. The molecule has 1 saturated heterocycles. The molecule has 5 atom stereocenters. The summed E-state index contributed by atoms with van der Waals surface area (Å²) in [5.74, 6) is 0. The van der Waals surface area contributed by atoms with Crippen molar-refractivity contribution >= 4 is 0 Å². The van der Waals surface area contributed by atoms with E-state index < -0.39 is 30.6 Å². The van der Waals surface area contributed by atoms with Gasteiger partial charge >= 0.3 is 0 Å². The Morgan fingerprint density at radius 2 is 2.00 bits per heavy atom. The van der Waals surface area contributed by atoms with Crippen LogP contribution in [0.4, 0.5) is 0 Å². The van der Waals surface area contributed by atoms with Gasteiger partial charge in [-0.2, -0.15) is 0 Å². The predicted molar refractivity (Wildman–Crippen MR) is 44.7 cm³/mol. The van der Waals surface area contributed by atoms with Gasteiger partial charge in [0.05, 0.1) is 24.8 Å². The maximum Gasteiger partial charge on any atom is 0.174 e. The van der Waals surface area contributed by atoms with Gasteiger partial charge < -0.3 is 31.2 Å². The van der Waals surface area contributed by atoms with Gasteiger partial charge in [0.25, 0.3) is 0 Å². The Hall–Kier alpha value is -0.240. The van der Waals surface area contributed by atoms with E-state index in [1.165, 1.54) is 7.11 Å². The monoisotopic (exact) mass is 192 g/mol. The van der Waals surface area contributed by atoms with Crippen LogP contribution in [0.5, 0.6) is 0 Å². The van der Waals surface area contributed by atoms with Crippen LogP contribution in [0.2, 0.25) is 0 Å². The zero-order valence-electron chi connectivity index (χ0n) is 7.46. The first-order valence-corrected chi connectivity index (χ1v) is 4.10. The highest BCUT2D eigenvalue weighted by atomic mass is 16.7. The summed E-state index contributed by atoms with van der Waals surface area (Å²) in [6, 6.07) is -1.22. The average molecular weight is 192 g/mol. The molecule has 1 aliphatic heterocycles. The highest BCUT2D eigenvalue weighted by Gasteiger charge is 2.41. The van der Waals surface area contributed by atoms with Crippen molar-refractivity contribution in [1.29, 1.82) is 0 Å². The molecular formula is C7H16N2O4. The molecule has 0 saturated carbocycles. The summed E-state index contributed by atoms with van der Waals surface area (Å²) in [6.07, 6.45) is -2.35. The van der Waals surface area contributed by atoms with Crippen molar-refractivity contribution in [2.24, 2.45) is 11.5 Å². The van der Waals surface area contributed by atoms with E-state index in [2.05, 4.69) is 0 Å². The molecular weight excluding hydrogens is 176 g/mol. The molecule has 1 rings (SSSR count). The van der Waals surface area contributed by atoms with E-state index in [4.69, 9.17) is 26.0 Å². The van der Waals surface area contributed by atoms with Gasteiger partial charge in [0.15, 0.2) is 6.29 Å². The Morgan fingerprint density at radius 1 is 1.38 bits per heavy atom. The third-order valence-corrected chi connectivity index (χ3v) is 2.26. The Kier molecular flexibility index (Phi) is 3.60. The summed E-state index contributed by atoms with van der Waals surface area (Å²) in [5, 5.41) is 18.3. The standard InChI is InChI=1S/C7H16N2O4/c1-12-7-5(9)4(8)6(11)3(2-10)13-7/h3-7,10-11H,2,8-9H2,1H3/t3-,4-,5-,6-,7-/m1/s1.